The molecule has 3 aromatic carbocycles. The van der Waals surface area contributed by atoms with Gasteiger partial charge in [-0.3, -0.25) is 0 Å². The first kappa shape index (κ1) is 16.4. The number of hydrogen-bond acceptors (Lipinski definition) is 1. The monoisotopic (exact) mass is 337 g/mol. The highest BCUT2D eigenvalue weighted by atomic mass is 14.9. The molecule has 0 fully saturated rings. The minimum Gasteiger partial charge on any atom is -0.356 e. The summed E-state index contributed by atoms with van der Waals surface area (Å²) in [4.78, 5) is 0. The Morgan fingerprint density at radius 2 is 1.27 bits per heavy atom. The van der Waals surface area contributed by atoms with Crippen LogP contribution in [0.2, 0.25) is 0 Å². The molecule has 4 rings (SSSR count). The second-order valence-electron chi connectivity index (χ2n) is 6.88. The van der Waals surface area contributed by atoms with Crippen LogP contribution in [-0.4, -0.2) is 0 Å². The van der Waals surface area contributed by atoms with Crippen molar-refractivity contribution in [3.05, 3.63) is 103 Å². The zero-order chi connectivity index (χ0) is 17.8. The van der Waals surface area contributed by atoms with E-state index in [0.29, 0.717) is 5.92 Å². The highest BCUT2D eigenvalue weighted by Gasteiger charge is 2.06. The Morgan fingerprint density at radius 1 is 0.692 bits per heavy atom. The Hall–Kier alpha value is -3.06. The topological polar surface area (TPSA) is 12.0 Å². The second-order valence-corrected chi connectivity index (χ2v) is 6.88. The van der Waals surface area contributed by atoms with Crippen LogP contribution < -0.4 is 5.32 Å². The third-order valence-electron chi connectivity index (χ3n) is 4.77. The summed E-state index contributed by atoms with van der Waals surface area (Å²) in [5.74, 6) is 0.621. The molecule has 1 atom stereocenters. The molecule has 0 unspecified atom stereocenters. The summed E-state index contributed by atoms with van der Waals surface area (Å²) in [7, 11) is 0. The second kappa shape index (κ2) is 7.45. The third-order valence-corrected chi connectivity index (χ3v) is 4.77. The number of nitrogens with one attached hydrogen (secondary N) is 1. The average molecular weight is 337 g/mol. The SMILES string of the molecule is C[C@@H]1C=C(c2ccc(Nc3ccc(-c4ccccc4)cc3)cc2)C=CC1. The Bertz CT molecular complexity index is 916. The van der Waals surface area contributed by atoms with Crippen molar-refractivity contribution in [2.45, 2.75) is 13.3 Å². The molecule has 0 saturated carbocycles. The maximum atomic E-state index is 3.48. The molecule has 0 bridgehead atoms. The number of anilines is 2. The smallest absolute Gasteiger partial charge is 0.0384 e. The Balaban J connectivity index is 1.47. The Morgan fingerprint density at radius 3 is 1.88 bits per heavy atom. The first-order valence-corrected chi connectivity index (χ1v) is 9.19. The van der Waals surface area contributed by atoms with Crippen molar-refractivity contribution in [3.8, 4) is 11.1 Å². The molecular weight excluding hydrogens is 314 g/mol. The number of rotatable bonds is 4. The van der Waals surface area contributed by atoms with Crippen LogP contribution >= 0.6 is 0 Å². The lowest BCUT2D eigenvalue weighted by atomic mass is 9.93. The van der Waals surface area contributed by atoms with Gasteiger partial charge in [0.2, 0.25) is 0 Å². The van der Waals surface area contributed by atoms with Gasteiger partial charge in [-0.1, -0.05) is 79.7 Å². The standard InChI is InChI=1S/C25H23N/c1-19-6-5-9-23(18-19)22-12-16-25(17-13-22)26-24-14-10-21(11-15-24)20-7-3-2-4-8-20/h2-5,7-19,26H,6H2,1H3/t19-/m0/s1. The molecule has 128 valence electrons. The van der Waals surface area contributed by atoms with Crippen molar-refractivity contribution in [2.75, 3.05) is 5.32 Å². The summed E-state index contributed by atoms with van der Waals surface area (Å²) < 4.78 is 0. The minimum absolute atomic E-state index is 0.621. The van der Waals surface area contributed by atoms with Gasteiger partial charge in [-0.05, 0) is 58.9 Å². The molecule has 1 heteroatoms. The first-order chi connectivity index (χ1) is 12.8. The minimum atomic E-state index is 0.621. The van der Waals surface area contributed by atoms with E-state index in [4.69, 9.17) is 0 Å². The molecule has 0 spiro atoms. The number of allylic oxidation sites excluding steroid dienone is 4. The predicted octanol–water partition coefficient (Wildman–Crippen LogP) is 7.08. The van der Waals surface area contributed by atoms with Crippen LogP contribution in [0.1, 0.15) is 18.9 Å². The number of hydrogen-bond donors (Lipinski definition) is 1. The average Bonchev–Trinajstić information content (AvgIpc) is 2.70. The molecule has 0 heterocycles. The van der Waals surface area contributed by atoms with Crippen molar-refractivity contribution < 1.29 is 0 Å². The lowest BCUT2D eigenvalue weighted by Crippen LogP contribution is -1.95. The molecule has 0 amide bonds. The molecule has 0 aliphatic heterocycles. The van der Waals surface area contributed by atoms with Crippen molar-refractivity contribution in [1.82, 2.24) is 0 Å². The van der Waals surface area contributed by atoms with Gasteiger partial charge in [0.25, 0.3) is 0 Å². The quantitative estimate of drug-likeness (QED) is 0.536. The van der Waals surface area contributed by atoms with Crippen LogP contribution in [0.4, 0.5) is 11.4 Å². The van der Waals surface area contributed by atoms with Gasteiger partial charge < -0.3 is 5.32 Å². The van der Waals surface area contributed by atoms with Crippen LogP contribution in [-0.2, 0) is 0 Å². The maximum absolute atomic E-state index is 3.48. The van der Waals surface area contributed by atoms with E-state index in [9.17, 15) is 0 Å². The van der Waals surface area contributed by atoms with Gasteiger partial charge >= 0.3 is 0 Å². The molecule has 3 aromatic rings. The van der Waals surface area contributed by atoms with Crippen LogP contribution in [0.3, 0.4) is 0 Å². The molecule has 1 aliphatic rings. The van der Waals surface area contributed by atoms with E-state index in [0.717, 1.165) is 17.8 Å². The van der Waals surface area contributed by atoms with Gasteiger partial charge in [-0.25, -0.2) is 0 Å². The summed E-state index contributed by atoms with van der Waals surface area (Å²) in [5, 5.41) is 3.48. The van der Waals surface area contributed by atoms with Crippen molar-refractivity contribution in [1.29, 1.82) is 0 Å². The van der Waals surface area contributed by atoms with E-state index in [1.807, 2.05) is 6.07 Å². The van der Waals surface area contributed by atoms with Crippen LogP contribution in [0, 0.1) is 5.92 Å². The Kier molecular flexibility index (Phi) is 4.70. The molecule has 0 radical (unpaired) electrons. The lowest BCUT2D eigenvalue weighted by molar-refractivity contribution is 0.740. The summed E-state index contributed by atoms with van der Waals surface area (Å²) in [6.07, 6.45) is 7.98. The van der Waals surface area contributed by atoms with Crippen molar-refractivity contribution >= 4 is 16.9 Å². The fraction of sp³-hybridized carbons (Fsp3) is 0.120. The van der Waals surface area contributed by atoms with E-state index in [-0.39, 0.29) is 0 Å². The zero-order valence-electron chi connectivity index (χ0n) is 15.0. The summed E-state index contributed by atoms with van der Waals surface area (Å²) in [6.45, 7) is 2.26. The van der Waals surface area contributed by atoms with Gasteiger partial charge in [0, 0.05) is 11.4 Å². The largest absolute Gasteiger partial charge is 0.356 e. The van der Waals surface area contributed by atoms with Gasteiger partial charge in [-0.15, -0.1) is 0 Å². The molecule has 1 aliphatic carbocycles. The van der Waals surface area contributed by atoms with Crippen LogP contribution in [0.5, 0.6) is 0 Å². The summed E-state index contributed by atoms with van der Waals surface area (Å²) in [6, 6.07) is 27.7. The van der Waals surface area contributed by atoms with Crippen molar-refractivity contribution in [2.24, 2.45) is 5.92 Å². The molecular formula is C25H23N. The molecule has 1 N–H and O–H groups in total. The normalized spacial score (nSPS) is 16.2. The third kappa shape index (κ3) is 3.78. The zero-order valence-corrected chi connectivity index (χ0v) is 15.0. The fourth-order valence-electron chi connectivity index (χ4n) is 3.32. The van der Waals surface area contributed by atoms with Gasteiger partial charge in [0.15, 0.2) is 0 Å². The maximum Gasteiger partial charge on any atom is 0.0384 e. The predicted molar refractivity (Wildman–Crippen MR) is 113 cm³/mol. The first-order valence-electron chi connectivity index (χ1n) is 9.19. The highest BCUT2D eigenvalue weighted by molar-refractivity contribution is 5.76. The molecule has 1 nitrogen and oxygen atoms in total. The van der Waals surface area contributed by atoms with Crippen LogP contribution in [0.15, 0.2) is 97.1 Å². The van der Waals surface area contributed by atoms with E-state index in [2.05, 4.69) is 103 Å². The van der Waals surface area contributed by atoms with Gasteiger partial charge in [0.05, 0.1) is 0 Å². The van der Waals surface area contributed by atoms with E-state index in [1.54, 1.807) is 0 Å². The fourth-order valence-corrected chi connectivity index (χ4v) is 3.32. The van der Waals surface area contributed by atoms with E-state index in [1.165, 1.54) is 22.3 Å². The van der Waals surface area contributed by atoms with Gasteiger partial charge in [-0.2, -0.15) is 0 Å². The summed E-state index contributed by atoms with van der Waals surface area (Å²) in [5.41, 5.74) is 7.28. The summed E-state index contributed by atoms with van der Waals surface area (Å²) >= 11 is 0. The highest BCUT2D eigenvalue weighted by Crippen LogP contribution is 2.27. The Labute approximate surface area is 155 Å². The molecule has 0 saturated heterocycles. The van der Waals surface area contributed by atoms with Crippen LogP contribution in [0.25, 0.3) is 16.7 Å². The molecule has 0 aromatic heterocycles. The lowest BCUT2D eigenvalue weighted by Gasteiger charge is -2.13. The van der Waals surface area contributed by atoms with Gasteiger partial charge in [0.1, 0.15) is 0 Å². The van der Waals surface area contributed by atoms with E-state index < -0.39 is 0 Å². The molecule has 26 heavy (non-hydrogen) atoms. The van der Waals surface area contributed by atoms with E-state index >= 15 is 0 Å². The van der Waals surface area contributed by atoms with Crippen molar-refractivity contribution in [3.63, 3.8) is 0 Å². The number of benzene rings is 3.